The third-order valence-electron chi connectivity index (χ3n) is 4.39. The van der Waals surface area contributed by atoms with Gasteiger partial charge in [0.2, 0.25) is 0 Å². The molecule has 0 aromatic heterocycles. The Hall–Kier alpha value is -1.52. The Bertz CT molecular complexity index is 358. The minimum absolute atomic E-state index is 0.376. The van der Waals surface area contributed by atoms with Gasteiger partial charge in [-0.1, -0.05) is 20.4 Å². The van der Waals surface area contributed by atoms with E-state index in [1.165, 1.54) is 13.2 Å². The van der Waals surface area contributed by atoms with Crippen molar-refractivity contribution in [1.29, 1.82) is 0 Å². The van der Waals surface area contributed by atoms with Crippen molar-refractivity contribution in [3.63, 3.8) is 0 Å². The average molecular weight is 298 g/mol. The van der Waals surface area contributed by atoms with Crippen LogP contribution < -0.4 is 0 Å². The fourth-order valence-corrected chi connectivity index (χ4v) is 2.52. The molecule has 21 heavy (non-hydrogen) atoms. The number of aliphatic carboxylic acids is 1. The van der Waals surface area contributed by atoms with Crippen LogP contribution in [0.5, 0.6) is 0 Å². The smallest absolute Gasteiger partial charge is 0.309 e. The lowest BCUT2D eigenvalue weighted by atomic mass is 9.83. The number of carbonyl (C=O) groups excluding carboxylic acids is 1. The van der Waals surface area contributed by atoms with Gasteiger partial charge in [-0.25, -0.2) is 0 Å². The summed E-state index contributed by atoms with van der Waals surface area (Å²) in [5.74, 6) is -1.78. The zero-order valence-electron chi connectivity index (χ0n) is 12.9. The summed E-state index contributed by atoms with van der Waals surface area (Å²) < 4.78 is 10.5. The highest BCUT2D eigenvalue weighted by atomic mass is 16.5. The number of rotatable bonds is 8. The molecule has 120 valence electrons. The number of carboxylic acids is 1. The molecular weight excluding hydrogens is 272 g/mol. The number of hydrogen-bond donors (Lipinski definition) is 1. The maximum absolute atomic E-state index is 11.8. The van der Waals surface area contributed by atoms with Gasteiger partial charge >= 0.3 is 11.9 Å². The largest absolute Gasteiger partial charge is 0.502 e. The van der Waals surface area contributed by atoms with E-state index in [-0.39, 0.29) is 0 Å². The minimum atomic E-state index is -0.970. The Morgan fingerprint density at radius 1 is 1.14 bits per heavy atom. The summed E-state index contributed by atoms with van der Waals surface area (Å²) in [5, 5.41) is 8.89. The first-order chi connectivity index (χ1) is 9.95. The van der Waals surface area contributed by atoms with Gasteiger partial charge in [0.15, 0.2) is 0 Å². The Balaban J connectivity index is 2.26. The molecule has 2 unspecified atom stereocenters. The van der Waals surface area contributed by atoms with Crippen molar-refractivity contribution in [2.45, 2.75) is 39.5 Å². The van der Waals surface area contributed by atoms with E-state index in [0.29, 0.717) is 25.0 Å². The Labute approximate surface area is 126 Å². The molecule has 1 saturated carbocycles. The molecule has 1 aliphatic rings. The van der Waals surface area contributed by atoms with E-state index in [9.17, 15) is 9.59 Å². The van der Waals surface area contributed by atoms with Gasteiger partial charge in [-0.2, -0.15) is 0 Å². The summed E-state index contributed by atoms with van der Waals surface area (Å²) >= 11 is 0. The maximum atomic E-state index is 11.8. The SMILES string of the molecule is C=COCC1CCC(COC(=O)C(C)C(C)C(=O)O)CC1. The van der Waals surface area contributed by atoms with Crippen LogP contribution >= 0.6 is 0 Å². The Morgan fingerprint density at radius 3 is 2.14 bits per heavy atom. The van der Waals surface area contributed by atoms with Crippen LogP contribution in [0.25, 0.3) is 0 Å². The number of hydrogen-bond acceptors (Lipinski definition) is 4. The summed E-state index contributed by atoms with van der Waals surface area (Å²) in [5.41, 5.74) is 0. The highest BCUT2D eigenvalue weighted by Crippen LogP contribution is 2.29. The molecule has 0 aromatic carbocycles. The van der Waals surface area contributed by atoms with E-state index in [1.54, 1.807) is 6.92 Å². The van der Waals surface area contributed by atoms with Gasteiger partial charge < -0.3 is 14.6 Å². The zero-order chi connectivity index (χ0) is 15.8. The minimum Gasteiger partial charge on any atom is -0.502 e. The Kier molecular flexibility index (Phi) is 7.26. The van der Waals surface area contributed by atoms with E-state index >= 15 is 0 Å². The van der Waals surface area contributed by atoms with Gasteiger partial charge in [0.1, 0.15) is 0 Å². The molecule has 2 atom stereocenters. The molecule has 5 nitrogen and oxygen atoms in total. The average Bonchev–Trinajstić information content (AvgIpc) is 2.49. The van der Waals surface area contributed by atoms with Gasteiger partial charge in [0.25, 0.3) is 0 Å². The molecule has 0 amide bonds. The highest BCUT2D eigenvalue weighted by Gasteiger charge is 2.28. The summed E-state index contributed by atoms with van der Waals surface area (Å²) in [6, 6.07) is 0. The first kappa shape index (κ1) is 17.5. The van der Waals surface area contributed by atoms with Crippen LogP contribution in [-0.4, -0.2) is 30.3 Å². The normalized spacial score (nSPS) is 24.7. The molecule has 0 heterocycles. The van der Waals surface area contributed by atoms with Crippen molar-refractivity contribution >= 4 is 11.9 Å². The molecule has 1 N–H and O–H groups in total. The fraction of sp³-hybridized carbons (Fsp3) is 0.750. The first-order valence-electron chi connectivity index (χ1n) is 7.57. The van der Waals surface area contributed by atoms with Gasteiger partial charge in [-0.05, 0) is 37.5 Å². The Morgan fingerprint density at radius 2 is 1.67 bits per heavy atom. The third-order valence-corrected chi connectivity index (χ3v) is 4.39. The fourth-order valence-electron chi connectivity index (χ4n) is 2.52. The predicted octanol–water partition coefficient (Wildman–Crippen LogP) is 2.85. The molecule has 0 spiro atoms. The number of ether oxygens (including phenoxy) is 2. The zero-order valence-corrected chi connectivity index (χ0v) is 12.9. The molecule has 0 bridgehead atoms. The summed E-state index contributed by atoms with van der Waals surface area (Å²) in [7, 11) is 0. The lowest BCUT2D eigenvalue weighted by Crippen LogP contribution is -2.29. The van der Waals surface area contributed by atoms with Gasteiger partial charge in [0.05, 0.1) is 31.3 Å². The first-order valence-corrected chi connectivity index (χ1v) is 7.57. The maximum Gasteiger partial charge on any atom is 0.309 e. The molecule has 0 saturated heterocycles. The summed E-state index contributed by atoms with van der Waals surface area (Å²) in [4.78, 5) is 22.7. The number of esters is 1. The van der Waals surface area contributed by atoms with Crippen LogP contribution in [-0.2, 0) is 19.1 Å². The molecule has 1 aliphatic carbocycles. The van der Waals surface area contributed by atoms with Crippen molar-refractivity contribution in [2.75, 3.05) is 13.2 Å². The van der Waals surface area contributed by atoms with Crippen LogP contribution in [0.4, 0.5) is 0 Å². The van der Waals surface area contributed by atoms with Crippen molar-refractivity contribution < 1.29 is 24.2 Å². The molecule has 0 radical (unpaired) electrons. The summed E-state index contributed by atoms with van der Waals surface area (Å²) in [6.45, 7) is 7.76. The summed E-state index contributed by atoms with van der Waals surface area (Å²) in [6.07, 6.45) is 5.63. The number of carboxylic acid groups (broad SMARTS) is 1. The standard InChI is InChI=1S/C16H26O5/c1-4-20-9-13-5-7-14(8-6-13)10-21-16(19)12(3)11(2)15(17)18/h4,11-14H,1,5-10H2,2-3H3,(H,17,18). The molecular formula is C16H26O5. The van der Waals surface area contributed by atoms with Gasteiger partial charge in [-0.15, -0.1) is 0 Å². The van der Waals surface area contributed by atoms with Crippen molar-refractivity contribution in [3.05, 3.63) is 12.8 Å². The van der Waals surface area contributed by atoms with E-state index in [2.05, 4.69) is 6.58 Å². The lowest BCUT2D eigenvalue weighted by molar-refractivity contribution is -0.157. The van der Waals surface area contributed by atoms with Gasteiger partial charge in [-0.3, -0.25) is 9.59 Å². The molecule has 5 heteroatoms. The predicted molar refractivity (Wildman–Crippen MR) is 78.5 cm³/mol. The molecule has 1 fully saturated rings. The van der Waals surface area contributed by atoms with Crippen molar-refractivity contribution in [1.82, 2.24) is 0 Å². The third kappa shape index (κ3) is 5.78. The van der Waals surface area contributed by atoms with E-state index < -0.39 is 23.8 Å². The second-order valence-electron chi connectivity index (χ2n) is 5.93. The lowest BCUT2D eigenvalue weighted by Gasteiger charge is -2.28. The van der Waals surface area contributed by atoms with Crippen LogP contribution in [0, 0.1) is 23.7 Å². The number of carbonyl (C=O) groups is 2. The van der Waals surface area contributed by atoms with Crippen molar-refractivity contribution in [2.24, 2.45) is 23.7 Å². The van der Waals surface area contributed by atoms with Gasteiger partial charge in [0, 0.05) is 0 Å². The monoisotopic (exact) mass is 298 g/mol. The van der Waals surface area contributed by atoms with E-state index in [4.69, 9.17) is 14.6 Å². The van der Waals surface area contributed by atoms with Crippen LogP contribution in [0.15, 0.2) is 12.8 Å². The van der Waals surface area contributed by atoms with Crippen LogP contribution in [0.2, 0.25) is 0 Å². The topological polar surface area (TPSA) is 72.8 Å². The molecule has 1 rings (SSSR count). The van der Waals surface area contributed by atoms with Crippen LogP contribution in [0.1, 0.15) is 39.5 Å². The molecule has 0 aliphatic heterocycles. The highest BCUT2D eigenvalue weighted by molar-refractivity contribution is 5.80. The quantitative estimate of drug-likeness (QED) is 0.551. The van der Waals surface area contributed by atoms with Crippen LogP contribution in [0.3, 0.4) is 0 Å². The van der Waals surface area contributed by atoms with E-state index in [0.717, 1.165) is 25.7 Å². The second-order valence-corrected chi connectivity index (χ2v) is 5.93. The van der Waals surface area contributed by atoms with Crippen molar-refractivity contribution in [3.8, 4) is 0 Å². The van der Waals surface area contributed by atoms with E-state index in [1.807, 2.05) is 0 Å². The second kappa shape index (κ2) is 8.70. The molecule has 0 aromatic rings.